The van der Waals surface area contributed by atoms with E-state index < -0.39 is 0 Å². The van der Waals surface area contributed by atoms with Gasteiger partial charge in [0.15, 0.2) is 0 Å². The highest BCUT2D eigenvalue weighted by molar-refractivity contribution is 5.90. The topological polar surface area (TPSA) is 70.4 Å². The number of rotatable bonds is 3. The minimum absolute atomic E-state index is 0.0326. The van der Waals surface area contributed by atoms with Crippen molar-refractivity contribution in [3.8, 4) is 0 Å². The van der Waals surface area contributed by atoms with Crippen molar-refractivity contribution < 1.29 is 9.32 Å². The van der Waals surface area contributed by atoms with E-state index in [-0.39, 0.29) is 5.91 Å². The van der Waals surface area contributed by atoms with Gasteiger partial charge in [-0.05, 0) is 32.2 Å². The molecule has 1 aromatic rings. The van der Waals surface area contributed by atoms with Gasteiger partial charge in [0.1, 0.15) is 0 Å². The molecule has 2 N–H and O–H groups in total. The fourth-order valence-corrected chi connectivity index (χ4v) is 3.07. The van der Waals surface area contributed by atoms with E-state index in [0.29, 0.717) is 24.4 Å². The van der Waals surface area contributed by atoms with Crippen LogP contribution in [-0.4, -0.2) is 48.2 Å². The minimum Gasteiger partial charge on any atom is -0.338 e. The number of nitrogens with zero attached hydrogens (tertiary/aromatic N) is 2. The Morgan fingerprint density at radius 1 is 1.63 bits per heavy atom. The number of carbonyl (C=O) groups is 1. The number of hydrogen-bond acceptors (Lipinski definition) is 5. The summed E-state index contributed by atoms with van der Waals surface area (Å²) in [6.45, 7) is 5.34. The Morgan fingerprint density at radius 2 is 2.53 bits per heavy atom. The minimum atomic E-state index is -0.0326. The van der Waals surface area contributed by atoms with Crippen LogP contribution in [0.15, 0.2) is 10.6 Å². The maximum Gasteiger partial charge on any atom is 0.240 e. The molecular formula is C13H20N4O2. The first-order chi connectivity index (χ1) is 9.20. The average Bonchev–Trinajstić information content (AvgIpc) is 2.94. The molecule has 2 fully saturated rings. The molecule has 0 radical (unpaired) electrons. The molecule has 1 aromatic heterocycles. The molecule has 0 aliphatic carbocycles. The lowest BCUT2D eigenvalue weighted by Crippen LogP contribution is -2.41. The van der Waals surface area contributed by atoms with E-state index in [1.54, 1.807) is 6.07 Å². The van der Waals surface area contributed by atoms with E-state index in [9.17, 15) is 4.79 Å². The van der Waals surface area contributed by atoms with Crippen molar-refractivity contribution in [2.75, 3.05) is 31.5 Å². The van der Waals surface area contributed by atoms with E-state index in [0.717, 1.165) is 25.3 Å². The molecule has 0 spiro atoms. The fourth-order valence-electron chi connectivity index (χ4n) is 3.07. The highest BCUT2D eigenvalue weighted by atomic mass is 16.5. The van der Waals surface area contributed by atoms with Crippen LogP contribution in [-0.2, 0) is 4.79 Å². The lowest BCUT2D eigenvalue weighted by Gasteiger charge is -2.24. The van der Waals surface area contributed by atoms with E-state index in [1.165, 1.54) is 12.8 Å². The summed E-state index contributed by atoms with van der Waals surface area (Å²) in [5.41, 5.74) is 0.770. The Balaban J connectivity index is 1.50. The second kappa shape index (κ2) is 5.30. The monoisotopic (exact) mass is 264 g/mol. The SMILES string of the molecule is Cc1cc(NC(=O)CN2C[C@@H]3CCCN[C@@H]3C2)on1. The number of aryl methyl sites for hydroxylation is 1. The zero-order chi connectivity index (χ0) is 13.2. The highest BCUT2D eigenvalue weighted by Crippen LogP contribution is 2.24. The molecule has 0 saturated carbocycles. The predicted molar refractivity (Wildman–Crippen MR) is 70.8 cm³/mol. The molecule has 3 rings (SSSR count). The van der Waals surface area contributed by atoms with Gasteiger partial charge in [-0.2, -0.15) is 0 Å². The van der Waals surface area contributed by atoms with Crippen molar-refractivity contribution in [1.29, 1.82) is 0 Å². The number of amides is 1. The highest BCUT2D eigenvalue weighted by Gasteiger charge is 2.34. The van der Waals surface area contributed by atoms with Crippen LogP contribution in [0.2, 0.25) is 0 Å². The van der Waals surface area contributed by atoms with Crippen molar-refractivity contribution in [3.63, 3.8) is 0 Å². The molecule has 3 heterocycles. The second-order valence-corrected chi connectivity index (χ2v) is 5.54. The van der Waals surface area contributed by atoms with Gasteiger partial charge < -0.3 is 9.84 Å². The maximum atomic E-state index is 11.9. The summed E-state index contributed by atoms with van der Waals surface area (Å²) >= 11 is 0. The summed E-state index contributed by atoms with van der Waals surface area (Å²) in [6.07, 6.45) is 2.52. The van der Waals surface area contributed by atoms with Gasteiger partial charge in [0, 0.05) is 25.2 Å². The maximum absolute atomic E-state index is 11.9. The van der Waals surface area contributed by atoms with E-state index >= 15 is 0 Å². The average molecular weight is 264 g/mol. The van der Waals surface area contributed by atoms with Crippen molar-refractivity contribution in [2.45, 2.75) is 25.8 Å². The van der Waals surface area contributed by atoms with Crippen LogP contribution in [0.4, 0.5) is 5.88 Å². The van der Waals surface area contributed by atoms with Gasteiger partial charge in [0.2, 0.25) is 11.8 Å². The number of nitrogens with one attached hydrogen (secondary N) is 2. The van der Waals surface area contributed by atoms with Crippen LogP contribution in [0.3, 0.4) is 0 Å². The van der Waals surface area contributed by atoms with E-state index in [4.69, 9.17) is 4.52 Å². The van der Waals surface area contributed by atoms with Gasteiger partial charge in [-0.1, -0.05) is 5.16 Å². The number of piperidine rings is 1. The molecule has 6 nitrogen and oxygen atoms in total. The van der Waals surface area contributed by atoms with Crippen molar-refractivity contribution in [1.82, 2.24) is 15.4 Å². The van der Waals surface area contributed by atoms with Crippen molar-refractivity contribution in [2.24, 2.45) is 5.92 Å². The molecule has 2 aliphatic heterocycles. The van der Waals surface area contributed by atoms with Crippen LogP contribution in [0.25, 0.3) is 0 Å². The largest absolute Gasteiger partial charge is 0.338 e. The Morgan fingerprint density at radius 3 is 3.26 bits per heavy atom. The van der Waals surface area contributed by atoms with Crippen LogP contribution < -0.4 is 10.6 Å². The lowest BCUT2D eigenvalue weighted by atomic mass is 9.94. The molecule has 0 bridgehead atoms. The number of aromatic nitrogens is 1. The number of fused-ring (bicyclic) bond motifs is 1. The predicted octanol–water partition coefficient (Wildman–Crippen LogP) is 0.605. The first-order valence-electron chi connectivity index (χ1n) is 6.89. The molecule has 2 atom stereocenters. The zero-order valence-electron chi connectivity index (χ0n) is 11.2. The fraction of sp³-hybridized carbons (Fsp3) is 0.692. The van der Waals surface area contributed by atoms with Gasteiger partial charge >= 0.3 is 0 Å². The zero-order valence-corrected chi connectivity index (χ0v) is 11.2. The van der Waals surface area contributed by atoms with E-state index in [1.807, 2.05) is 6.92 Å². The third-order valence-electron chi connectivity index (χ3n) is 3.93. The Labute approximate surface area is 112 Å². The van der Waals surface area contributed by atoms with Gasteiger partial charge in [0.05, 0.1) is 12.2 Å². The van der Waals surface area contributed by atoms with Gasteiger partial charge in [-0.25, -0.2) is 0 Å². The number of carbonyl (C=O) groups excluding carboxylic acids is 1. The summed E-state index contributed by atoms with van der Waals surface area (Å²) in [6, 6.07) is 2.29. The summed E-state index contributed by atoms with van der Waals surface area (Å²) in [4.78, 5) is 14.1. The third kappa shape index (κ3) is 2.96. The molecule has 104 valence electrons. The van der Waals surface area contributed by atoms with Gasteiger partial charge in [-0.3, -0.25) is 15.0 Å². The standard InChI is InChI=1S/C13H20N4O2/c1-9-5-13(19-16-9)15-12(18)8-17-6-10-3-2-4-14-11(10)7-17/h5,10-11,14H,2-4,6-8H2,1H3,(H,15,18)/t10-,11+/m0/s1. The molecule has 2 saturated heterocycles. The van der Waals surface area contributed by atoms with Crippen LogP contribution in [0.5, 0.6) is 0 Å². The normalized spacial score (nSPS) is 27.2. The molecule has 0 aromatic carbocycles. The molecule has 6 heteroatoms. The third-order valence-corrected chi connectivity index (χ3v) is 3.93. The van der Waals surface area contributed by atoms with E-state index in [2.05, 4.69) is 20.7 Å². The molecule has 2 aliphatic rings. The van der Waals surface area contributed by atoms with Crippen LogP contribution in [0, 0.1) is 12.8 Å². The Bertz CT molecular complexity index is 445. The Hall–Kier alpha value is -1.40. The quantitative estimate of drug-likeness (QED) is 0.837. The van der Waals surface area contributed by atoms with Gasteiger partial charge in [-0.15, -0.1) is 0 Å². The number of likely N-dealkylation sites (tertiary alicyclic amines) is 1. The summed E-state index contributed by atoms with van der Waals surface area (Å²) in [5, 5.41) is 10.0. The van der Waals surface area contributed by atoms with Crippen LogP contribution in [0.1, 0.15) is 18.5 Å². The summed E-state index contributed by atoms with van der Waals surface area (Å²) in [5.74, 6) is 1.10. The Kier molecular flexibility index (Phi) is 3.52. The number of hydrogen-bond donors (Lipinski definition) is 2. The number of anilines is 1. The first-order valence-corrected chi connectivity index (χ1v) is 6.89. The molecule has 1 amide bonds. The smallest absolute Gasteiger partial charge is 0.240 e. The molecular weight excluding hydrogens is 244 g/mol. The first kappa shape index (κ1) is 12.6. The van der Waals surface area contributed by atoms with Crippen LogP contribution >= 0.6 is 0 Å². The molecule has 0 unspecified atom stereocenters. The van der Waals surface area contributed by atoms with Crippen molar-refractivity contribution in [3.05, 3.63) is 11.8 Å². The lowest BCUT2D eigenvalue weighted by molar-refractivity contribution is -0.117. The second-order valence-electron chi connectivity index (χ2n) is 5.54. The summed E-state index contributed by atoms with van der Waals surface area (Å²) < 4.78 is 4.98. The molecule has 19 heavy (non-hydrogen) atoms. The van der Waals surface area contributed by atoms with Gasteiger partial charge in [0.25, 0.3) is 0 Å². The summed E-state index contributed by atoms with van der Waals surface area (Å²) in [7, 11) is 0. The van der Waals surface area contributed by atoms with Crippen molar-refractivity contribution >= 4 is 11.8 Å².